The van der Waals surface area contributed by atoms with Gasteiger partial charge in [0.1, 0.15) is 12.1 Å². The summed E-state index contributed by atoms with van der Waals surface area (Å²) in [6, 6.07) is 11.4. The number of ether oxygens (including phenoxy) is 1. The number of amides is 1. The molecule has 0 aliphatic carbocycles. The highest BCUT2D eigenvalue weighted by molar-refractivity contribution is 7.99. The molecule has 0 spiro atoms. The molecule has 1 heterocycles. The number of anilines is 1. The van der Waals surface area contributed by atoms with Crippen LogP contribution in [0, 0.1) is 13.8 Å². The molecule has 0 unspecified atom stereocenters. The van der Waals surface area contributed by atoms with Gasteiger partial charge in [0.15, 0.2) is 5.16 Å². The van der Waals surface area contributed by atoms with Crippen molar-refractivity contribution in [3.8, 4) is 11.4 Å². The fraction of sp³-hybridized carbons (Fsp3) is 0.286. The standard InChI is InChI=1S/C21H23ClN4O2S/c1-4-9-28-17-7-8-19(15(3)10-17)24-20(27)12-29-21-25-23-13-26(21)16-6-5-14(2)18(22)11-16/h5-8,10-11,13H,4,9,12H2,1-3H3,(H,24,27). The Bertz CT molecular complexity index is 1010. The van der Waals surface area contributed by atoms with E-state index >= 15 is 0 Å². The largest absolute Gasteiger partial charge is 0.494 e. The van der Waals surface area contributed by atoms with Gasteiger partial charge in [-0.1, -0.05) is 36.4 Å². The molecule has 0 saturated heterocycles. The Morgan fingerprint density at radius 3 is 2.76 bits per heavy atom. The Labute approximate surface area is 179 Å². The highest BCUT2D eigenvalue weighted by Crippen LogP contribution is 2.25. The van der Waals surface area contributed by atoms with Crippen molar-refractivity contribution in [2.75, 3.05) is 17.7 Å². The lowest BCUT2D eigenvalue weighted by Gasteiger charge is -2.11. The van der Waals surface area contributed by atoms with Gasteiger partial charge in [-0.15, -0.1) is 10.2 Å². The number of benzene rings is 2. The van der Waals surface area contributed by atoms with E-state index in [4.69, 9.17) is 16.3 Å². The van der Waals surface area contributed by atoms with Crippen LogP contribution in [0.15, 0.2) is 47.9 Å². The summed E-state index contributed by atoms with van der Waals surface area (Å²) < 4.78 is 7.43. The molecule has 1 aromatic heterocycles. The molecule has 29 heavy (non-hydrogen) atoms. The van der Waals surface area contributed by atoms with E-state index in [2.05, 4.69) is 22.4 Å². The zero-order valence-corrected chi connectivity index (χ0v) is 18.2. The maximum absolute atomic E-state index is 12.4. The predicted molar refractivity (Wildman–Crippen MR) is 117 cm³/mol. The third-order valence-electron chi connectivity index (χ3n) is 4.23. The van der Waals surface area contributed by atoms with Gasteiger partial charge in [0.05, 0.1) is 18.0 Å². The number of carbonyl (C=O) groups is 1. The topological polar surface area (TPSA) is 69.0 Å². The molecule has 0 aliphatic rings. The van der Waals surface area contributed by atoms with Crippen LogP contribution >= 0.6 is 23.4 Å². The molecule has 1 N–H and O–H groups in total. The Hall–Kier alpha value is -2.51. The summed E-state index contributed by atoms with van der Waals surface area (Å²) in [7, 11) is 0. The third kappa shape index (κ3) is 5.52. The fourth-order valence-electron chi connectivity index (χ4n) is 2.63. The van der Waals surface area contributed by atoms with E-state index in [1.807, 2.05) is 54.8 Å². The third-order valence-corrected chi connectivity index (χ3v) is 5.58. The first-order chi connectivity index (χ1) is 14.0. The quantitative estimate of drug-likeness (QED) is 0.506. The average molecular weight is 431 g/mol. The van der Waals surface area contributed by atoms with Gasteiger partial charge >= 0.3 is 0 Å². The predicted octanol–water partition coefficient (Wildman–Crippen LogP) is 5.06. The zero-order valence-electron chi connectivity index (χ0n) is 16.6. The van der Waals surface area contributed by atoms with Crippen molar-refractivity contribution in [1.29, 1.82) is 0 Å². The van der Waals surface area contributed by atoms with Gasteiger partial charge in [0.25, 0.3) is 0 Å². The van der Waals surface area contributed by atoms with Crippen LogP contribution < -0.4 is 10.1 Å². The normalized spacial score (nSPS) is 10.8. The van der Waals surface area contributed by atoms with Crippen LogP contribution in [-0.2, 0) is 4.79 Å². The van der Waals surface area contributed by atoms with Crippen molar-refractivity contribution in [2.45, 2.75) is 32.3 Å². The van der Waals surface area contributed by atoms with E-state index in [1.165, 1.54) is 11.8 Å². The second kappa shape index (κ2) is 9.80. The molecule has 6 nitrogen and oxygen atoms in total. The summed E-state index contributed by atoms with van der Waals surface area (Å²) in [5.74, 6) is 0.907. The number of hydrogen-bond acceptors (Lipinski definition) is 5. The van der Waals surface area contributed by atoms with Crippen LogP contribution in [0.4, 0.5) is 5.69 Å². The summed E-state index contributed by atoms with van der Waals surface area (Å²) in [5.41, 5.74) is 3.58. The molecular formula is C21H23ClN4O2S. The number of rotatable bonds is 8. The van der Waals surface area contributed by atoms with E-state index in [0.29, 0.717) is 16.8 Å². The molecule has 0 fully saturated rings. The lowest BCUT2D eigenvalue weighted by Crippen LogP contribution is -2.15. The monoisotopic (exact) mass is 430 g/mol. The first-order valence-corrected chi connectivity index (χ1v) is 10.7. The lowest BCUT2D eigenvalue weighted by atomic mass is 10.2. The van der Waals surface area contributed by atoms with E-state index in [-0.39, 0.29) is 11.7 Å². The van der Waals surface area contributed by atoms with Gasteiger partial charge in [0.2, 0.25) is 5.91 Å². The zero-order chi connectivity index (χ0) is 20.8. The van der Waals surface area contributed by atoms with Crippen LogP contribution in [0.5, 0.6) is 5.75 Å². The fourth-order valence-corrected chi connectivity index (χ4v) is 3.54. The average Bonchev–Trinajstić information content (AvgIpc) is 3.17. The van der Waals surface area contributed by atoms with Crippen LogP contribution in [0.25, 0.3) is 5.69 Å². The van der Waals surface area contributed by atoms with E-state index in [9.17, 15) is 4.79 Å². The van der Waals surface area contributed by atoms with E-state index < -0.39 is 0 Å². The number of nitrogens with one attached hydrogen (secondary N) is 1. The maximum Gasteiger partial charge on any atom is 0.234 e. The van der Waals surface area contributed by atoms with Crippen LogP contribution in [-0.4, -0.2) is 33.0 Å². The molecule has 0 aliphatic heterocycles. The van der Waals surface area contributed by atoms with Crippen molar-refractivity contribution in [3.05, 3.63) is 58.9 Å². The highest BCUT2D eigenvalue weighted by atomic mass is 35.5. The molecule has 0 radical (unpaired) electrons. The summed E-state index contributed by atoms with van der Waals surface area (Å²) >= 11 is 7.54. The summed E-state index contributed by atoms with van der Waals surface area (Å²) in [4.78, 5) is 12.4. The minimum absolute atomic E-state index is 0.114. The van der Waals surface area contributed by atoms with Crippen molar-refractivity contribution in [2.24, 2.45) is 0 Å². The lowest BCUT2D eigenvalue weighted by molar-refractivity contribution is -0.113. The van der Waals surface area contributed by atoms with Gasteiger partial charge in [-0.25, -0.2) is 0 Å². The van der Waals surface area contributed by atoms with Crippen LogP contribution in [0.3, 0.4) is 0 Å². The molecule has 0 saturated carbocycles. The molecule has 8 heteroatoms. The number of nitrogens with zero attached hydrogens (tertiary/aromatic N) is 3. The van der Waals surface area contributed by atoms with Gasteiger partial charge in [-0.2, -0.15) is 0 Å². The first-order valence-electron chi connectivity index (χ1n) is 9.30. The highest BCUT2D eigenvalue weighted by Gasteiger charge is 2.12. The van der Waals surface area contributed by atoms with E-state index in [0.717, 1.165) is 34.7 Å². The molecule has 152 valence electrons. The molecule has 1 amide bonds. The second-order valence-electron chi connectivity index (χ2n) is 6.58. The molecular weight excluding hydrogens is 408 g/mol. The smallest absolute Gasteiger partial charge is 0.234 e. The van der Waals surface area contributed by atoms with Crippen molar-refractivity contribution >= 4 is 35.0 Å². The van der Waals surface area contributed by atoms with Crippen LogP contribution in [0.1, 0.15) is 24.5 Å². The molecule has 3 rings (SSSR count). The first kappa shape index (κ1) is 21.2. The van der Waals surface area contributed by atoms with Gasteiger partial charge in [0, 0.05) is 10.7 Å². The number of carbonyl (C=O) groups excluding carboxylic acids is 1. The molecule has 2 aromatic carbocycles. The summed E-state index contributed by atoms with van der Waals surface area (Å²) in [6.45, 7) is 6.63. The number of thioether (sulfide) groups is 1. The van der Waals surface area contributed by atoms with Crippen molar-refractivity contribution < 1.29 is 9.53 Å². The number of halogens is 1. The van der Waals surface area contributed by atoms with Gasteiger partial charge < -0.3 is 10.1 Å². The minimum Gasteiger partial charge on any atom is -0.494 e. The maximum atomic E-state index is 12.4. The van der Waals surface area contributed by atoms with E-state index in [1.54, 1.807) is 6.33 Å². The number of aromatic nitrogens is 3. The molecule has 0 atom stereocenters. The minimum atomic E-state index is -0.114. The molecule has 3 aromatic rings. The summed E-state index contributed by atoms with van der Waals surface area (Å²) in [5, 5.41) is 12.3. The van der Waals surface area contributed by atoms with Gasteiger partial charge in [-0.05, 0) is 61.7 Å². The van der Waals surface area contributed by atoms with Crippen molar-refractivity contribution in [3.63, 3.8) is 0 Å². The number of hydrogen-bond donors (Lipinski definition) is 1. The SMILES string of the molecule is CCCOc1ccc(NC(=O)CSc2nncn2-c2ccc(C)c(Cl)c2)c(C)c1. The summed E-state index contributed by atoms with van der Waals surface area (Å²) in [6.07, 6.45) is 2.56. The van der Waals surface area contributed by atoms with Crippen molar-refractivity contribution in [1.82, 2.24) is 14.8 Å². The Kier molecular flexibility index (Phi) is 7.17. The Morgan fingerprint density at radius 1 is 1.21 bits per heavy atom. The molecule has 0 bridgehead atoms. The van der Waals surface area contributed by atoms with Gasteiger partial charge in [-0.3, -0.25) is 9.36 Å². The Balaban J connectivity index is 1.62. The second-order valence-corrected chi connectivity index (χ2v) is 7.93. The Morgan fingerprint density at radius 2 is 2.03 bits per heavy atom. The van der Waals surface area contributed by atoms with Crippen LogP contribution in [0.2, 0.25) is 5.02 Å². The number of aryl methyl sites for hydroxylation is 2.